The molecule has 0 aromatic heterocycles. The molecule has 4 saturated carbocycles. The van der Waals surface area contributed by atoms with Gasteiger partial charge in [-0.3, -0.25) is 4.79 Å². The summed E-state index contributed by atoms with van der Waals surface area (Å²) in [5.74, 6) is 2.74. The smallest absolute Gasteiger partial charge is 0.207 e. The second kappa shape index (κ2) is 2.98. The second-order valence-electron chi connectivity index (χ2n) is 5.80. The number of rotatable bonds is 2. The van der Waals surface area contributed by atoms with Gasteiger partial charge in [-0.15, -0.1) is 0 Å². The summed E-state index contributed by atoms with van der Waals surface area (Å²) in [7, 11) is 0. The number of nitrogens with one attached hydrogen (secondary N) is 1. The molecule has 14 heavy (non-hydrogen) atoms. The molecule has 1 N–H and O–H groups in total. The van der Waals surface area contributed by atoms with E-state index >= 15 is 0 Å². The molecule has 4 fully saturated rings. The third-order valence-electron chi connectivity index (χ3n) is 4.72. The Bertz CT molecular complexity index is 235. The average Bonchev–Trinajstić information content (AvgIpc) is 2.32. The lowest BCUT2D eigenvalue weighted by Gasteiger charge is -2.48. The van der Waals surface area contributed by atoms with Crippen LogP contribution in [-0.2, 0) is 4.79 Å². The molecule has 2 atom stereocenters. The highest BCUT2D eigenvalue weighted by molar-refractivity contribution is 5.48. The number of hydrogen-bond donors (Lipinski definition) is 1. The maximum Gasteiger partial charge on any atom is 0.207 e. The van der Waals surface area contributed by atoms with Crippen molar-refractivity contribution in [1.82, 2.24) is 5.32 Å². The molecule has 0 heterocycles. The first-order valence-electron chi connectivity index (χ1n) is 6.01. The molecule has 2 nitrogen and oxygen atoms in total. The first-order valence-corrected chi connectivity index (χ1v) is 6.01. The van der Waals surface area contributed by atoms with Crippen molar-refractivity contribution in [2.24, 2.45) is 17.8 Å². The third-order valence-corrected chi connectivity index (χ3v) is 4.72. The first-order chi connectivity index (χ1) is 6.80. The van der Waals surface area contributed by atoms with Crippen molar-refractivity contribution in [3.05, 3.63) is 0 Å². The van der Waals surface area contributed by atoms with Gasteiger partial charge in [-0.2, -0.15) is 0 Å². The molecule has 4 aliphatic carbocycles. The van der Waals surface area contributed by atoms with Crippen molar-refractivity contribution in [3.63, 3.8) is 0 Å². The highest BCUT2D eigenvalue weighted by Crippen LogP contribution is 2.52. The van der Waals surface area contributed by atoms with Crippen molar-refractivity contribution in [1.29, 1.82) is 0 Å². The Balaban J connectivity index is 1.89. The molecule has 78 valence electrons. The number of hydrogen-bond acceptors (Lipinski definition) is 1. The fraction of sp³-hybridized carbons (Fsp3) is 0.917. The lowest BCUT2D eigenvalue weighted by Crippen LogP contribution is -2.53. The summed E-state index contributed by atoms with van der Waals surface area (Å²) in [6.45, 7) is 0. The van der Waals surface area contributed by atoms with E-state index in [2.05, 4.69) is 5.32 Å². The normalized spacial score (nSPS) is 50.1. The molecular formula is C12H19NO. The van der Waals surface area contributed by atoms with Crippen LogP contribution in [0.3, 0.4) is 0 Å². The first kappa shape index (κ1) is 8.75. The Labute approximate surface area is 85.4 Å². The van der Waals surface area contributed by atoms with Crippen LogP contribution in [0.5, 0.6) is 0 Å². The fourth-order valence-electron chi connectivity index (χ4n) is 4.49. The Morgan fingerprint density at radius 1 is 1.00 bits per heavy atom. The van der Waals surface area contributed by atoms with Gasteiger partial charge in [-0.25, -0.2) is 0 Å². The lowest BCUT2D eigenvalue weighted by molar-refractivity contribution is -0.112. The van der Waals surface area contributed by atoms with Gasteiger partial charge >= 0.3 is 0 Å². The summed E-state index contributed by atoms with van der Waals surface area (Å²) in [5, 5.41) is 3.15. The minimum Gasteiger partial charge on any atom is -0.353 e. The zero-order valence-corrected chi connectivity index (χ0v) is 8.67. The van der Waals surface area contributed by atoms with E-state index in [4.69, 9.17) is 0 Å². The fourth-order valence-corrected chi connectivity index (χ4v) is 4.49. The standard InChI is InChI=1S/C12H19NO/c14-8-13-12-5-9-1-2-10(6-12)4-11(3-9)7-12/h8-11H,1-7H2,(H,13,14). The molecule has 1 amide bonds. The van der Waals surface area contributed by atoms with Crippen LogP contribution in [0.4, 0.5) is 0 Å². The highest BCUT2D eigenvalue weighted by Gasteiger charge is 2.48. The SMILES string of the molecule is O=CNC12CC3CCC(CC(C3)C1)C2. The quantitative estimate of drug-likeness (QED) is 0.668. The Hall–Kier alpha value is -0.530. The van der Waals surface area contributed by atoms with Crippen LogP contribution in [0.15, 0.2) is 0 Å². The van der Waals surface area contributed by atoms with E-state index in [1.54, 1.807) is 0 Å². The maximum atomic E-state index is 10.7. The van der Waals surface area contributed by atoms with Gasteiger partial charge in [-0.1, -0.05) is 12.8 Å². The van der Waals surface area contributed by atoms with Gasteiger partial charge in [0.25, 0.3) is 0 Å². The largest absolute Gasteiger partial charge is 0.353 e. The van der Waals surface area contributed by atoms with Gasteiger partial charge < -0.3 is 5.32 Å². The van der Waals surface area contributed by atoms with Gasteiger partial charge in [0.15, 0.2) is 0 Å². The van der Waals surface area contributed by atoms with Crippen LogP contribution < -0.4 is 5.32 Å². The minimum atomic E-state index is 0.217. The van der Waals surface area contributed by atoms with Crippen LogP contribution in [0.1, 0.15) is 44.9 Å². The van der Waals surface area contributed by atoms with Gasteiger partial charge in [0, 0.05) is 5.54 Å². The van der Waals surface area contributed by atoms with E-state index < -0.39 is 0 Å². The maximum absolute atomic E-state index is 10.7. The summed E-state index contributed by atoms with van der Waals surface area (Å²) in [5.41, 5.74) is 0.217. The van der Waals surface area contributed by atoms with E-state index in [0.29, 0.717) is 0 Å². The number of carbonyl (C=O) groups excluding carboxylic acids is 1. The van der Waals surface area contributed by atoms with Gasteiger partial charge in [0.1, 0.15) is 0 Å². The molecule has 0 aromatic rings. The number of carbonyl (C=O) groups is 1. The second-order valence-corrected chi connectivity index (χ2v) is 5.80. The Morgan fingerprint density at radius 2 is 1.57 bits per heavy atom. The summed E-state index contributed by atoms with van der Waals surface area (Å²) in [6, 6.07) is 0. The van der Waals surface area contributed by atoms with E-state index in [1.165, 1.54) is 44.9 Å². The van der Waals surface area contributed by atoms with Crippen molar-refractivity contribution in [2.45, 2.75) is 50.5 Å². The van der Waals surface area contributed by atoms with E-state index in [9.17, 15) is 4.79 Å². The molecule has 0 aliphatic heterocycles. The van der Waals surface area contributed by atoms with Crippen molar-refractivity contribution in [2.75, 3.05) is 0 Å². The van der Waals surface area contributed by atoms with Crippen molar-refractivity contribution >= 4 is 6.41 Å². The topological polar surface area (TPSA) is 29.1 Å². The summed E-state index contributed by atoms with van der Waals surface area (Å²) < 4.78 is 0. The van der Waals surface area contributed by atoms with Crippen LogP contribution in [-0.4, -0.2) is 11.9 Å². The summed E-state index contributed by atoms with van der Waals surface area (Å²) in [6.07, 6.45) is 10.5. The third kappa shape index (κ3) is 1.27. The predicted octanol–water partition coefficient (Wildman–Crippen LogP) is 2.09. The summed E-state index contributed by atoms with van der Waals surface area (Å²) in [4.78, 5) is 10.7. The molecule has 0 radical (unpaired) electrons. The molecule has 2 unspecified atom stereocenters. The van der Waals surface area contributed by atoms with E-state index in [-0.39, 0.29) is 5.54 Å². The van der Waals surface area contributed by atoms with Crippen LogP contribution in [0.25, 0.3) is 0 Å². The Morgan fingerprint density at radius 3 is 2.14 bits per heavy atom. The molecule has 2 heteroatoms. The molecule has 0 aromatic carbocycles. The van der Waals surface area contributed by atoms with E-state index in [0.717, 1.165) is 24.2 Å². The lowest BCUT2D eigenvalue weighted by atomic mass is 9.63. The van der Waals surface area contributed by atoms with Gasteiger partial charge in [-0.05, 0) is 49.9 Å². The van der Waals surface area contributed by atoms with Crippen LogP contribution >= 0.6 is 0 Å². The molecule has 0 spiro atoms. The van der Waals surface area contributed by atoms with Crippen molar-refractivity contribution < 1.29 is 4.79 Å². The van der Waals surface area contributed by atoms with Gasteiger partial charge in [0.2, 0.25) is 6.41 Å². The van der Waals surface area contributed by atoms with Crippen LogP contribution in [0, 0.1) is 17.8 Å². The highest BCUT2D eigenvalue weighted by atomic mass is 16.1. The predicted molar refractivity (Wildman–Crippen MR) is 54.7 cm³/mol. The monoisotopic (exact) mass is 193 g/mol. The molecule has 0 saturated heterocycles. The average molecular weight is 193 g/mol. The molecule has 4 rings (SSSR count). The summed E-state index contributed by atoms with van der Waals surface area (Å²) >= 11 is 0. The minimum absolute atomic E-state index is 0.217. The zero-order valence-electron chi connectivity index (χ0n) is 8.67. The zero-order chi connectivity index (χ0) is 9.60. The molecule has 4 aliphatic rings. The van der Waals surface area contributed by atoms with Crippen LogP contribution in [0.2, 0.25) is 0 Å². The Kier molecular flexibility index (Phi) is 1.86. The number of amides is 1. The van der Waals surface area contributed by atoms with E-state index in [1.807, 2.05) is 0 Å². The number of fused-ring (bicyclic) bond motifs is 1. The van der Waals surface area contributed by atoms with Crippen molar-refractivity contribution in [3.8, 4) is 0 Å². The molecular weight excluding hydrogens is 174 g/mol. The molecule has 4 bridgehead atoms. The van der Waals surface area contributed by atoms with Gasteiger partial charge in [0.05, 0.1) is 0 Å².